The van der Waals surface area contributed by atoms with E-state index in [2.05, 4.69) is 18.3 Å². The van der Waals surface area contributed by atoms with E-state index >= 15 is 0 Å². The van der Waals surface area contributed by atoms with E-state index in [0.29, 0.717) is 19.6 Å². The van der Waals surface area contributed by atoms with Crippen LogP contribution in [-0.2, 0) is 6.54 Å². The first-order valence-corrected chi connectivity index (χ1v) is 6.28. The van der Waals surface area contributed by atoms with E-state index in [0.717, 1.165) is 31.0 Å². The molecule has 96 valence electrons. The van der Waals surface area contributed by atoms with Crippen molar-refractivity contribution < 1.29 is 9.47 Å². The normalized spacial score (nSPS) is 13.1. The Balaban J connectivity index is 1.94. The number of nitriles is 1. The molecule has 4 heteroatoms. The number of fused-ring (bicyclic) bond motifs is 1. The van der Waals surface area contributed by atoms with Crippen LogP contribution < -0.4 is 14.8 Å². The molecule has 0 atom stereocenters. The highest BCUT2D eigenvalue weighted by Gasteiger charge is 2.13. The topological polar surface area (TPSA) is 54.3 Å². The van der Waals surface area contributed by atoms with E-state index in [4.69, 9.17) is 14.7 Å². The van der Waals surface area contributed by atoms with Gasteiger partial charge in [-0.1, -0.05) is 0 Å². The van der Waals surface area contributed by atoms with Crippen molar-refractivity contribution in [2.24, 2.45) is 0 Å². The fourth-order valence-electron chi connectivity index (χ4n) is 1.94. The monoisotopic (exact) mass is 246 g/mol. The highest BCUT2D eigenvalue weighted by atomic mass is 16.6. The molecule has 0 spiro atoms. The average molecular weight is 246 g/mol. The van der Waals surface area contributed by atoms with Crippen molar-refractivity contribution in [3.05, 3.63) is 23.3 Å². The molecule has 1 aliphatic heterocycles. The van der Waals surface area contributed by atoms with Gasteiger partial charge in [0.2, 0.25) is 0 Å². The lowest BCUT2D eigenvalue weighted by atomic mass is 10.1. The molecule has 4 nitrogen and oxygen atoms in total. The maximum Gasteiger partial charge on any atom is 0.161 e. The Morgan fingerprint density at radius 1 is 1.28 bits per heavy atom. The fourth-order valence-corrected chi connectivity index (χ4v) is 1.94. The van der Waals surface area contributed by atoms with Gasteiger partial charge in [-0.2, -0.15) is 5.26 Å². The average Bonchev–Trinajstić information content (AvgIpc) is 2.39. The second-order valence-electron chi connectivity index (χ2n) is 4.36. The minimum absolute atomic E-state index is 0.604. The molecule has 0 fully saturated rings. The van der Waals surface area contributed by atoms with Crippen LogP contribution >= 0.6 is 0 Å². The summed E-state index contributed by atoms with van der Waals surface area (Å²) in [5, 5.41) is 11.8. The Morgan fingerprint density at radius 3 is 2.72 bits per heavy atom. The summed E-state index contributed by atoms with van der Waals surface area (Å²) in [7, 11) is 0. The van der Waals surface area contributed by atoms with Gasteiger partial charge < -0.3 is 14.8 Å². The van der Waals surface area contributed by atoms with Crippen molar-refractivity contribution in [3.63, 3.8) is 0 Å². The number of aryl methyl sites for hydroxylation is 1. The first kappa shape index (κ1) is 12.7. The molecule has 0 aromatic heterocycles. The summed E-state index contributed by atoms with van der Waals surface area (Å²) in [6, 6.07) is 6.21. The van der Waals surface area contributed by atoms with Crippen molar-refractivity contribution >= 4 is 0 Å². The second-order valence-corrected chi connectivity index (χ2v) is 4.36. The molecular weight excluding hydrogens is 228 g/mol. The molecule has 0 aliphatic carbocycles. The third kappa shape index (κ3) is 3.14. The lowest BCUT2D eigenvalue weighted by Gasteiger charge is -2.20. The van der Waals surface area contributed by atoms with Gasteiger partial charge in [-0.15, -0.1) is 0 Å². The van der Waals surface area contributed by atoms with Gasteiger partial charge in [0.05, 0.1) is 6.07 Å². The van der Waals surface area contributed by atoms with Crippen molar-refractivity contribution in [2.75, 3.05) is 19.8 Å². The predicted octanol–water partition coefficient (Wildman–Crippen LogP) is 2.16. The fraction of sp³-hybridized carbons (Fsp3) is 0.500. The van der Waals surface area contributed by atoms with Gasteiger partial charge in [0.25, 0.3) is 0 Å². The van der Waals surface area contributed by atoms with Crippen LogP contribution in [-0.4, -0.2) is 19.8 Å². The zero-order valence-electron chi connectivity index (χ0n) is 10.7. The Hall–Kier alpha value is -1.73. The molecule has 1 N–H and O–H groups in total. The highest BCUT2D eigenvalue weighted by Crippen LogP contribution is 2.32. The molecule has 0 unspecified atom stereocenters. The number of rotatable bonds is 5. The van der Waals surface area contributed by atoms with Gasteiger partial charge in [-0.05, 0) is 43.1 Å². The summed E-state index contributed by atoms with van der Waals surface area (Å²) in [6.45, 7) is 4.98. The summed E-state index contributed by atoms with van der Waals surface area (Å²) >= 11 is 0. The third-order valence-corrected chi connectivity index (χ3v) is 2.96. The number of benzene rings is 1. The van der Waals surface area contributed by atoms with Crippen LogP contribution in [0.5, 0.6) is 11.5 Å². The summed E-state index contributed by atoms with van der Waals surface area (Å²) in [6.07, 6.45) is 1.49. The number of hydrogen-bond donors (Lipinski definition) is 1. The number of nitrogens with one attached hydrogen (secondary N) is 1. The number of hydrogen-bond acceptors (Lipinski definition) is 4. The summed E-state index contributed by atoms with van der Waals surface area (Å²) in [4.78, 5) is 0. The minimum Gasteiger partial charge on any atom is -0.486 e. The van der Waals surface area contributed by atoms with Gasteiger partial charge in [-0.25, -0.2) is 0 Å². The van der Waals surface area contributed by atoms with E-state index in [9.17, 15) is 0 Å². The first-order chi connectivity index (χ1) is 8.81. The quantitative estimate of drug-likeness (QED) is 0.809. The molecule has 1 heterocycles. The summed E-state index contributed by atoms with van der Waals surface area (Å²) in [5.41, 5.74) is 2.42. The molecule has 18 heavy (non-hydrogen) atoms. The largest absolute Gasteiger partial charge is 0.486 e. The Kier molecular flexibility index (Phi) is 4.43. The van der Waals surface area contributed by atoms with Gasteiger partial charge in [0.1, 0.15) is 13.2 Å². The van der Waals surface area contributed by atoms with Crippen LogP contribution in [0, 0.1) is 18.3 Å². The maximum atomic E-state index is 8.45. The van der Waals surface area contributed by atoms with E-state index in [1.54, 1.807) is 0 Å². The SMILES string of the molecule is Cc1cc2c(cc1CNCCCC#N)OCCO2. The predicted molar refractivity (Wildman–Crippen MR) is 68.7 cm³/mol. The molecule has 0 radical (unpaired) electrons. The van der Waals surface area contributed by atoms with Crippen molar-refractivity contribution in [1.82, 2.24) is 5.32 Å². The van der Waals surface area contributed by atoms with Crippen molar-refractivity contribution in [1.29, 1.82) is 5.26 Å². The van der Waals surface area contributed by atoms with Crippen LogP contribution in [0.4, 0.5) is 0 Å². The Labute approximate surface area is 108 Å². The number of ether oxygens (including phenoxy) is 2. The smallest absolute Gasteiger partial charge is 0.161 e. The van der Waals surface area contributed by atoms with Crippen LogP contribution in [0.1, 0.15) is 24.0 Å². The van der Waals surface area contributed by atoms with E-state index in [1.165, 1.54) is 11.1 Å². The van der Waals surface area contributed by atoms with E-state index in [-0.39, 0.29) is 0 Å². The molecular formula is C14H18N2O2. The highest BCUT2D eigenvalue weighted by molar-refractivity contribution is 5.47. The van der Waals surface area contributed by atoms with Gasteiger partial charge in [0, 0.05) is 13.0 Å². The molecule has 0 saturated heterocycles. The van der Waals surface area contributed by atoms with Crippen molar-refractivity contribution in [3.8, 4) is 17.6 Å². The third-order valence-electron chi connectivity index (χ3n) is 2.96. The molecule has 0 amide bonds. The summed E-state index contributed by atoms with van der Waals surface area (Å²) in [5.74, 6) is 1.67. The molecule has 1 aromatic carbocycles. The number of unbranched alkanes of at least 4 members (excludes halogenated alkanes) is 1. The molecule has 0 bridgehead atoms. The van der Waals surface area contributed by atoms with Crippen molar-refractivity contribution in [2.45, 2.75) is 26.3 Å². The van der Waals surface area contributed by atoms with Crippen LogP contribution in [0.25, 0.3) is 0 Å². The van der Waals surface area contributed by atoms with E-state index in [1.807, 2.05) is 12.1 Å². The summed E-state index contributed by atoms with van der Waals surface area (Å²) < 4.78 is 11.1. The Bertz CT molecular complexity index is 452. The lowest BCUT2D eigenvalue weighted by Crippen LogP contribution is -2.18. The van der Waals surface area contributed by atoms with E-state index < -0.39 is 0 Å². The zero-order valence-corrected chi connectivity index (χ0v) is 10.7. The molecule has 2 rings (SSSR count). The van der Waals surface area contributed by atoms with Gasteiger partial charge in [0.15, 0.2) is 11.5 Å². The Morgan fingerprint density at radius 2 is 2.00 bits per heavy atom. The van der Waals surface area contributed by atoms with Gasteiger partial charge >= 0.3 is 0 Å². The lowest BCUT2D eigenvalue weighted by molar-refractivity contribution is 0.171. The molecule has 1 aromatic rings. The van der Waals surface area contributed by atoms with Crippen LogP contribution in [0.15, 0.2) is 12.1 Å². The van der Waals surface area contributed by atoms with Gasteiger partial charge in [-0.3, -0.25) is 0 Å². The van der Waals surface area contributed by atoms with Crippen LogP contribution in [0.3, 0.4) is 0 Å². The molecule has 1 aliphatic rings. The maximum absolute atomic E-state index is 8.45. The molecule has 0 saturated carbocycles. The minimum atomic E-state index is 0.604. The first-order valence-electron chi connectivity index (χ1n) is 6.28. The zero-order chi connectivity index (χ0) is 12.8. The number of nitrogens with zero attached hydrogens (tertiary/aromatic N) is 1. The van der Waals surface area contributed by atoms with Crippen LogP contribution in [0.2, 0.25) is 0 Å². The second kappa shape index (κ2) is 6.27. The standard InChI is InChI=1S/C14H18N2O2/c1-11-8-13-14(18-7-6-17-13)9-12(11)10-16-5-3-2-4-15/h8-9,16H,2-3,5-7,10H2,1H3.